The predicted octanol–water partition coefficient (Wildman–Crippen LogP) is 2.79. The number of ketones is 1. The van der Waals surface area contributed by atoms with E-state index in [0.717, 1.165) is 28.6 Å². The average Bonchev–Trinajstić information content (AvgIpc) is 3.19. The minimum Gasteiger partial charge on any atom is -0.476 e. The minimum atomic E-state index is -0.0388. The number of carbonyl (C=O) groups excluding carboxylic acids is 1. The van der Waals surface area contributed by atoms with Crippen molar-refractivity contribution in [3.63, 3.8) is 0 Å². The first kappa shape index (κ1) is 20.6. The van der Waals surface area contributed by atoms with Crippen LogP contribution in [-0.4, -0.2) is 62.7 Å². The Labute approximate surface area is 180 Å². The molecule has 4 rings (SSSR count). The largest absolute Gasteiger partial charge is 0.476 e. The molecule has 4 aromatic rings. The second-order valence-corrected chi connectivity index (χ2v) is 7.63. The molecule has 8 heteroatoms. The van der Waals surface area contributed by atoms with Crippen LogP contribution >= 0.6 is 0 Å². The van der Waals surface area contributed by atoms with E-state index in [2.05, 4.69) is 20.1 Å². The average molecular weight is 416 g/mol. The first-order chi connectivity index (χ1) is 15.0. The Hall–Kier alpha value is -3.65. The van der Waals surface area contributed by atoms with Crippen LogP contribution in [0.1, 0.15) is 16.1 Å². The third kappa shape index (κ3) is 5.10. The van der Waals surface area contributed by atoms with Crippen molar-refractivity contribution in [3.8, 4) is 17.0 Å². The lowest BCUT2D eigenvalue weighted by molar-refractivity contribution is 0.0991. The number of nitrogens with zero attached hydrogens (tertiary/aromatic N) is 6. The number of hydrogen-bond acceptors (Lipinski definition) is 7. The van der Waals surface area contributed by atoms with E-state index in [-0.39, 0.29) is 12.2 Å². The normalized spacial score (nSPS) is 11.2. The molecule has 4 aromatic heterocycles. The standard InChI is InChI=1S/C23H24N6O2/c1-28(2)6-7-31-23-10-16(4-5-24-23)22(30)11-20-9-17-8-18(12-26-21(17)14-25-20)19-13-27-29(3)15-19/h4-5,8-10,12-15H,6-7,11H2,1-3H3. The van der Waals surface area contributed by atoms with E-state index in [1.54, 1.807) is 41.6 Å². The molecule has 0 aliphatic rings. The highest BCUT2D eigenvalue weighted by Crippen LogP contribution is 2.22. The van der Waals surface area contributed by atoms with Gasteiger partial charge >= 0.3 is 0 Å². The molecule has 158 valence electrons. The Morgan fingerprint density at radius 2 is 1.94 bits per heavy atom. The van der Waals surface area contributed by atoms with E-state index >= 15 is 0 Å². The van der Waals surface area contributed by atoms with Crippen molar-refractivity contribution in [2.24, 2.45) is 7.05 Å². The van der Waals surface area contributed by atoms with Crippen molar-refractivity contribution >= 4 is 16.7 Å². The second-order valence-electron chi connectivity index (χ2n) is 7.63. The van der Waals surface area contributed by atoms with Crippen molar-refractivity contribution in [3.05, 3.63) is 66.5 Å². The molecule has 0 aromatic carbocycles. The van der Waals surface area contributed by atoms with Crippen LogP contribution in [0.5, 0.6) is 5.88 Å². The molecule has 0 N–H and O–H groups in total. The van der Waals surface area contributed by atoms with Crippen LogP contribution in [0.4, 0.5) is 0 Å². The fraction of sp³-hybridized carbons (Fsp3) is 0.261. The maximum absolute atomic E-state index is 12.8. The molecule has 0 aliphatic heterocycles. The van der Waals surface area contributed by atoms with Gasteiger partial charge in [-0.3, -0.25) is 19.4 Å². The molecular formula is C23H24N6O2. The molecule has 31 heavy (non-hydrogen) atoms. The summed E-state index contributed by atoms with van der Waals surface area (Å²) < 4.78 is 7.39. The number of pyridine rings is 3. The quantitative estimate of drug-likeness (QED) is 0.408. The summed E-state index contributed by atoms with van der Waals surface area (Å²) in [6.07, 6.45) is 9.03. The van der Waals surface area contributed by atoms with Gasteiger partial charge in [0.05, 0.1) is 24.3 Å². The number of rotatable bonds is 8. The summed E-state index contributed by atoms with van der Waals surface area (Å²) in [6.45, 7) is 1.28. The molecule has 0 spiro atoms. The van der Waals surface area contributed by atoms with Crippen LogP contribution in [0.2, 0.25) is 0 Å². The van der Waals surface area contributed by atoms with Gasteiger partial charge in [-0.1, -0.05) is 0 Å². The molecule has 0 bridgehead atoms. The highest BCUT2D eigenvalue weighted by atomic mass is 16.5. The molecule has 0 unspecified atom stereocenters. The lowest BCUT2D eigenvalue weighted by Crippen LogP contribution is -2.19. The van der Waals surface area contributed by atoms with Crippen molar-refractivity contribution < 1.29 is 9.53 Å². The molecule has 0 radical (unpaired) electrons. The smallest absolute Gasteiger partial charge is 0.213 e. The first-order valence-electron chi connectivity index (χ1n) is 9.98. The van der Waals surface area contributed by atoms with Gasteiger partial charge in [0.2, 0.25) is 5.88 Å². The molecule has 4 heterocycles. The summed E-state index contributed by atoms with van der Waals surface area (Å²) >= 11 is 0. The van der Waals surface area contributed by atoms with Crippen LogP contribution < -0.4 is 4.74 Å². The maximum atomic E-state index is 12.8. The van der Waals surface area contributed by atoms with Crippen LogP contribution in [-0.2, 0) is 13.5 Å². The minimum absolute atomic E-state index is 0.0388. The fourth-order valence-electron chi connectivity index (χ4n) is 3.16. The second kappa shape index (κ2) is 9.01. The zero-order valence-electron chi connectivity index (χ0n) is 17.8. The van der Waals surface area contributed by atoms with E-state index in [1.807, 2.05) is 44.4 Å². The van der Waals surface area contributed by atoms with Crippen LogP contribution in [0.15, 0.2) is 55.2 Å². The third-order valence-corrected chi connectivity index (χ3v) is 4.85. The van der Waals surface area contributed by atoms with Gasteiger partial charge in [0.25, 0.3) is 0 Å². The molecule has 0 amide bonds. The monoisotopic (exact) mass is 416 g/mol. The number of aryl methyl sites for hydroxylation is 1. The van der Waals surface area contributed by atoms with Crippen LogP contribution in [0, 0.1) is 0 Å². The van der Waals surface area contributed by atoms with Gasteiger partial charge < -0.3 is 9.64 Å². The van der Waals surface area contributed by atoms with E-state index in [0.29, 0.717) is 23.7 Å². The number of likely N-dealkylation sites (N-methyl/N-ethyl adjacent to an activating group) is 1. The number of Topliss-reactive ketones (excluding diaryl/α,β-unsaturated/α-hetero) is 1. The lowest BCUT2D eigenvalue weighted by Gasteiger charge is -2.10. The predicted molar refractivity (Wildman–Crippen MR) is 118 cm³/mol. The summed E-state index contributed by atoms with van der Waals surface area (Å²) in [7, 11) is 5.83. The van der Waals surface area contributed by atoms with Crippen molar-refractivity contribution in [2.75, 3.05) is 27.2 Å². The number of fused-ring (bicyclic) bond motifs is 1. The zero-order chi connectivity index (χ0) is 21.8. The van der Waals surface area contributed by atoms with Gasteiger partial charge in [0.1, 0.15) is 6.61 Å². The van der Waals surface area contributed by atoms with Gasteiger partial charge in [0, 0.05) is 66.0 Å². The molecule has 0 saturated heterocycles. The summed E-state index contributed by atoms with van der Waals surface area (Å²) in [5.74, 6) is 0.410. The Balaban J connectivity index is 1.50. The van der Waals surface area contributed by atoms with E-state index in [9.17, 15) is 4.79 Å². The highest BCUT2D eigenvalue weighted by molar-refractivity contribution is 5.98. The van der Waals surface area contributed by atoms with Crippen LogP contribution in [0.3, 0.4) is 0 Å². The molecule has 0 atom stereocenters. The topological polar surface area (TPSA) is 86.0 Å². The zero-order valence-corrected chi connectivity index (χ0v) is 17.8. The summed E-state index contributed by atoms with van der Waals surface area (Å²) in [5, 5.41) is 5.14. The molecule has 8 nitrogen and oxygen atoms in total. The van der Waals surface area contributed by atoms with E-state index in [4.69, 9.17) is 4.74 Å². The summed E-state index contributed by atoms with van der Waals surface area (Å²) in [4.78, 5) is 27.9. The Kier molecular flexibility index (Phi) is 5.99. The SMILES string of the molecule is CN(C)CCOc1cc(C(=O)Cc2cc3cc(-c4cnn(C)c4)cnc3cn2)ccn1. The molecular weight excluding hydrogens is 392 g/mol. The molecule has 0 aliphatic carbocycles. The molecule has 0 saturated carbocycles. The van der Waals surface area contributed by atoms with Gasteiger partial charge in [-0.2, -0.15) is 5.10 Å². The highest BCUT2D eigenvalue weighted by Gasteiger charge is 2.11. The fourth-order valence-corrected chi connectivity index (χ4v) is 3.16. The number of aromatic nitrogens is 5. The summed E-state index contributed by atoms with van der Waals surface area (Å²) in [6, 6.07) is 7.33. The van der Waals surface area contributed by atoms with Gasteiger partial charge in [-0.25, -0.2) is 4.98 Å². The first-order valence-corrected chi connectivity index (χ1v) is 9.98. The maximum Gasteiger partial charge on any atom is 0.213 e. The lowest BCUT2D eigenvalue weighted by atomic mass is 10.1. The van der Waals surface area contributed by atoms with Crippen molar-refractivity contribution in [1.82, 2.24) is 29.6 Å². The van der Waals surface area contributed by atoms with Crippen molar-refractivity contribution in [2.45, 2.75) is 6.42 Å². The number of hydrogen-bond donors (Lipinski definition) is 0. The van der Waals surface area contributed by atoms with Gasteiger partial charge in [-0.15, -0.1) is 0 Å². The van der Waals surface area contributed by atoms with Gasteiger partial charge in [-0.05, 0) is 32.3 Å². The Morgan fingerprint density at radius 1 is 1.06 bits per heavy atom. The van der Waals surface area contributed by atoms with Crippen LogP contribution in [0.25, 0.3) is 22.0 Å². The molecule has 0 fully saturated rings. The number of carbonyl (C=O) groups is 1. The van der Waals surface area contributed by atoms with E-state index < -0.39 is 0 Å². The van der Waals surface area contributed by atoms with Gasteiger partial charge in [0.15, 0.2) is 5.78 Å². The number of ether oxygens (including phenoxy) is 1. The Morgan fingerprint density at radius 3 is 2.71 bits per heavy atom. The summed E-state index contributed by atoms with van der Waals surface area (Å²) in [5.41, 5.74) is 3.99. The van der Waals surface area contributed by atoms with E-state index in [1.165, 1.54) is 0 Å². The third-order valence-electron chi connectivity index (χ3n) is 4.85. The van der Waals surface area contributed by atoms with Crippen molar-refractivity contribution in [1.29, 1.82) is 0 Å². The Bertz CT molecular complexity index is 1220.